The fourth-order valence-corrected chi connectivity index (χ4v) is 6.75. The lowest BCUT2D eigenvalue weighted by Crippen LogP contribution is -2.37. The Kier molecular flexibility index (Phi) is 4.05. The van der Waals surface area contributed by atoms with Gasteiger partial charge in [0.2, 0.25) is 0 Å². The van der Waals surface area contributed by atoms with Crippen molar-refractivity contribution in [3.8, 4) is 16.8 Å². The maximum absolute atomic E-state index is 3.83. The van der Waals surface area contributed by atoms with Gasteiger partial charge in [-0.15, -0.1) is 0 Å². The Labute approximate surface area is 217 Å². The molecule has 0 spiro atoms. The molecule has 1 N–H and O–H groups in total. The van der Waals surface area contributed by atoms with E-state index in [9.17, 15) is 0 Å². The van der Waals surface area contributed by atoms with Crippen LogP contribution in [-0.2, 0) is 5.41 Å². The van der Waals surface area contributed by atoms with Crippen molar-refractivity contribution in [2.24, 2.45) is 0 Å². The molecule has 2 aliphatic heterocycles. The molecule has 1 radical (unpaired) electrons. The van der Waals surface area contributed by atoms with Crippen molar-refractivity contribution in [2.45, 2.75) is 26.2 Å². The molecule has 1 aromatic heterocycles. The molecule has 175 valence electrons. The topological polar surface area (TPSA) is 17.0 Å². The van der Waals surface area contributed by atoms with E-state index in [0.29, 0.717) is 0 Å². The van der Waals surface area contributed by atoms with Gasteiger partial charge in [0.15, 0.2) is 7.28 Å². The standard InChI is InChI=1S/C34H26BN2/c1-20-18-24(22-11-8-14-26-32(22)36-28-16-6-5-13-25(28)34(26,2)3)31-30(19-20)37-29-17-7-4-10-21(29)23-12-9-15-27(35-31)33(23)37/h4-19,36H,1-3H3. The monoisotopic (exact) mass is 473 g/mol. The van der Waals surface area contributed by atoms with Gasteiger partial charge in [-0.2, -0.15) is 0 Å². The van der Waals surface area contributed by atoms with Gasteiger partial charge in [-0.1, -0.05) is 98.2 Å². The molecule has 6 aromatic rings. The van der Waals surface area contributed by atoms with Crippen LogP contribution in [0, 0.1) is 6.92 Å². The Balaban J connectivity index is 1.44. The molecular formula is C34H26BN2. The zero-order valence-electron chi connectivity index (χ0n) is 21.3. The third-order valence-electron chi connectivity index (χ3n) is 8.46. The molecular weight excluding hydrogens is 447 g/mol. The smallest absolute Gasteiger partial charge is 0.197 e. The Morgan fingerprint density at radius 2 is 1.49 bits per heavy atom. The lowest BCUT2D eigenvalue weighted by molar-refractivity contribution is 0.638. The maximum Gasteiger partial charge on any atom is 0.197 e. The van der Waals surface area contributed by atoms with E-state index in [1.54, 1.807) is 0 Å². The highest BCUT2D eigenvalue weighted by molar-refractivity contribution is 6.73. The van der Waals surface area contributed by atoms with E-state index in [4.69, 9.17) is 0 Å². The van der Waals surface area contributed by atoms with Crippen molar-refractivity contribution < 1.29 is 0 Å². The zero-order valence-corrected chi connectivity index (χ0v) is 21.3. The molecule has 2 nitrogen and oxygen atoms in total. The number of nitrogens with zero attached hydrogens (tertiary/aromatic N) is 1. The second-order valence-electron chi connectivity index (χ2n) is 11.0. The Morgan fingerprint density at radius 3 is 2.41 bits per heavy atom. The van der Waals surface area contributed by atoms with Crippen LogP contribution in [0.3, 0.4) is 0 Å². The summed E-state index contributed by atoms with van der Waals surface area (Å²) in [6.07, 6.45) is 0. The second-order valence-corrected chi connectivity index (χ2v) is 11.0. The van der Waals surface area contributed by atoms with E-state index in [-0.39, 0.29) is 5.41 Å². The normalized spacial score (nSPS) is 14.5. The largest absolute Gasteiger partial charge is 0.355 e. The number of anilines is 2. The molecule has 5 aromatic carbocycles. The first-order valence-electron chi connectivity index (χ1n) is 13.0. The highest BCUT2D eigenvalue weighted by atomic mass is 15.0. The van der Waals surface area contributed by atoms with Crippen LogP contribution in [0.25, 0.3) is 38.6 Å². The lowest BCUT2D eigenvalue weighted by atomic mass is 9.58. The number of benzene rings is 5. The third kappa shape index (κ3) is 2.72. The number of para-hydroxylation sites is 4. The molecule has 3 heterocycles. The Morgan fingerprint density at radius 1 is 0.730 bits per heavy atom. The molecule has 0 amide bonds. The highest BCUT2D eigenvalue weighted by Crippen LogP contribution is 2.48. The Bertz CT molecular complexity index is 1920. The number of aryl methyl sites for hydroxylation is 1. The minimum atomic E-state index is -0.0871. The quantitative estimate of drug-likeness (QED) is 0.252. The highest BCUT2D eigenvalue weighted by Gasteiger charge is 2.34. The van der Waals surface area contributed by atoms with Crippen molar-refractivity contribution in [3.63, 3.8) is 0 Å². The Hall–Kier alpha value is -4.24. The van der Waals surface area contributed by atoms with Gasteiger partial charge in [-0.3, -0.25) is 0 Å². The molecule has 0 aliphatic carbocycles. The maximum atomic E-state index is 3.83. The van der Waals surface area contributed by atoms with Crippen LogP contribution >= 0.6 is 0 Å². The summed E-state index contributed by atoms with van der Waals surface area (Å²) in [6, 6.07) is 35.7. The molecule has 0 saturated carbocycles. The van der Waals surface area contributed by atoms with Crippen LogP contribution < -0.4 is 16.2 Å². The van der Waals surface area contributed by atoms with Crippen molar-refractivity contribution in [1.29, 1.82) is 0 Å². The summed E-state index contributed by atoms with van der Waals surface area (Å²) in [5.41, 5.74) is 15.2. The molecule has 0 saturated heterocycles. The summed E-state index contributed by atoms with van der Waals surface area (Å²) in [7, 11) is 2.40. The summed E-state index contributed by atoms with van der Waals surface area (Å²) in [5, 5.41) is 6.45. The van der Waals surface area contributed by atoms with Crippen molar-refractivity contribution in [3.05, 3.63) is 114 Å². The first kappa shape index (κ1) is 20.9. The van der Waals surface area contributed by atoms with Gasteiger partial charge in [-0.05, 0) is 52.8 Å². The summed E-state index contributed by atoms with van der Waals surface area (Å²) in [6.45, 7) is 6.90. The van der Waals surface area contributed by atoms with Gasteiger partial charge in [0, 0.05) is 38.6 Å². The van der Waals surface area contributed by atoms with E-state index in [1.165, 1.54) is 77.6 Å². The van der Waals surface area contributed by atoms with Crippen molar-refractivity contribution in [2.75, 3.05) is 5.32 Å². The number of fused-ring (bicyclic) bond motifs is 7. The lowest BCUT2D eigenvalue weighted by Gasteiger charge is -2.37. The van der Waals surface area contributed by atoms with Crippen LogP contribution in [-0.4, -0.2) is 11.8 Å². The third-order valence-corrected chi connectivity index (χ3v) is 8.46. The summed E-state index contributed by atoms with van der Waals surface area (Å²) >= 11 is 0. The molecule has 8 rings (SSSR count). The van der Waals surface area contributed by atoms with E-state index in [1.807, 2.05) is 0 Å². The van der Waals surface area contributed by atoms with Crippen LogP contribution in [0.4, 0.5) is 11.4 Å². The number of hydrogen-bond donors (Lipinski definition) is 1. The number of nitrogens with one attached hydrogen (secondary N) is 1. The minimum absolute atomic E-state index is 0.0871. The van der Waals surface area contributed by atoms with Gasteiger partial charge >= 0.3 is 0 Å². The predicted octanol–water partition coefficient (Wildman–Crippen LogP) is 7.11. The van der Waals surface area contributed by atoms with Crippen LogP contribution in [0.2, 0.25) is 0 Å². The van der Waals surface area contributed by atoms with Gasteiger partial charge in [0.25, 0.3) is 0 Å². The van der Waals surface area contributed by atoms with Crippen molar-refractivity contribution >= 4 is 51.4 Å². The van der Waals surface area contributed by atoms with Crippen molar-refractivity contribution in [1.82, 2.24) is 4.57 Å². The molecule has 0 atom stereocenters. The van der Waals surface area contributed by atoms with Gasteiger partial charge in [0.05, 0.1) is 11.2 Å². The van der Waals surface area contributed by atoms with Crippen LogP contribution in [0.1, 0.15) is 30.5 Å². The zero-order chi connectivity index (χ0) is 24.9. The fourth-order valence-electron chi connectivity index (χ4n) is 6.75. The molecule has 37 heavy (non-hydrogen) atoms. The molecule has 0 bridgehead atoms. The van der Waals surface area contributed by atoms with Gasteiger partial charge in [-0.25, -0.2) is 0 Å². The molecule has 3 heteroatoms. The van der Waals surface area contributed by atoms with E-state index in [2.05, 4.69) is 135 Å². The van der Waals surface area contributed by atoms with E-state index >= 15 is 0 Å². The molecule has 0 unspecified atom stereocenters. The van der Waals surface area contributed by atoms with Crippen LogP contribution in [0.15, 0.2) is 97.1 Å². The predicted molar refractivity (Wildman–Crippen MR) is 158 cm³/mol. The minimum Gasteiger partial charge on any atom is -0.355 e. The number of aromatic nitrogens is 1. The summed E-state index contributed by atoms with van der Waals surface area (Å²) < 4.78 is 2.48. The second kappa shape index (κ2) is 7.17. The number of rotatable bonds is 1. The van der Waals surface area contributed by atoms with Gasteiger partial charge in [0.1, 0.15) is 0 Å². The van der Waals surface area contributed by atoms with E-state index < -0.39 is 0 Å². The fraction of sp³-hybridized carbons (Fsp3) is 0.118. The number of hydrogen-bond acceptors (Lipinski definition) is 1. The first-order chi connectivity index (χ1) is 18.0. The van der Waals surface area contributed by atoms with Gasteiger partial charge < -0.3 is 9.88 Å². The SMILES string of the molecule is Cc1cc(-c2cccc3c2Nc2ccccc2C3(C)C)c2c(c1)-n1c3ccccc3c3cccc(c31)[B]2. The first-order valence-corrected chi connectivity index (χ1v) is 13.0. The molecule has 2 aliphatic rings. The molecule has 0 fully saturated rings. The average molecular weight is 473 g/mol. The summed E-state index contributed by atoms with van der Waals surface area (Å²) in [4.78, 5) is 0. The average Bonchev–Trinajstić information content (AvgIpc) is 3.25. The van der Waals surface area contributed by atoms with E-state index in [0.717, 1.165) is 0 Å². The summed E-state index contributed by atoms with van der Waals surface area (Å²) in [5.74, 6) is 0. The van der Waals surface area contributed by atoms with Crippen LogP contribution in [0.5, 0.6) is 0 Å².